The molecule has 0 spiro atoms. The van der Waals surface area contributed by atoms with Crippen LogP contribution in [0, 0.1) is 11.1 Å². The number of hydroxylamine groups is 2. The highest BCUT2D eigenvalue weighted by Crippen LogP contribution is 2.36. The molecule has 70 valence electrons. The standard InChI is InChI=1S/C8H14BrN2O/c9-8-5-7(11(8)12)6-1-3-10-4-2-6/h6-8,10H,1-5H2/q-1/t7-,8?/m1/s1. The van der Waals surface area contributed by atoms with Gasteiger partial charge >= 0.3 is 0 Å². The molecule has 2 atom stereocenters. The van der Waals surface area contributed by atoms with Crippen molar-refractivity contribution in [1.29, 1.82) is 0 Å². The summed E-state index contributed by atoms with van der Waals surface area (Å²) in [6.07, 6.45) is 3.38. The minimum absolute atomic E-state index is 0.0948. The molecular formula is C8H14BrN2O-. The van der Waals surface area contributed by atoms with Crippen molar-refractivity contribution in [2.75, 3.05) is 13.1 Å². The van der Waals surface area contributed by atoms with E-state index >= 15 is 0 Å². The summed E-state index contributed by atoms with van der Waals surface area (Å²) in [4.78, 5) is 0.0948. The Morgan fingerprint density at radius 3 is 2.50 bits per heavy atom. The zero-order chi connectivity index (χ0) is 8.55. The molecule has 2 rings (SSSR count). The van der Waals surface area contributed by atoms with Gasteiger partial charge in [-0.1, -0.05) is 15.9 Å². The third kappa shape index (κ3) is 1.53. The van der Waals surface area contributed by atoms with Crippen LogP contribution in [-0.4, -0.2) is 29.1 Å². The van der Waals surface area contributed by atoms with Crippen LogP contribution in [0.3, 0.4) is 0 Å². The number of rotatable bonds is 1. The Hall–Kier alpha value is 0.360. The third-order valence-electron chi connectivity index (χ3n) is 2.97. The molecule has 0 amide bonds. The molecule has 0 aromatic heterocycles. The van der Waals surface area contributed by atoms with Gasteiger partial charge in [0.15, 0.2) is 0 Å². The fourth-order valence-corrected chi connectivity index (χ4v) is 2.79. The first kappa shape index (κ1) is 8.94. The smallest absolute Gasteiger partial charge is 0.0559 e. The lowest BCUT2D eigenvalue weighted by Crippen LogP contribution is -2.54. The van der Waals surface area contributed by atoms with Gasteiger partial charge in [0, 0.05) is 6.04 Å². The molecule has 2 aliphatic rings. The summed E-state index contributed by atoms with van der Waals surface area (Å²) in [6, 6.07) is 0.302. The molecule has 0 aromatic carbocycles. The zero-order valence-corrected chi connectivity index (χ0v) is 8.59. The summed E-state index contributed by atoms with van der Waals surface area (Å²) >= 11 is 3.33. The lowest BCUT2D eigenvalue weighted by atomic mass is 9.84. The Labute approximate surface area is 81.2 Å². The van der Waals surface area contributed by atoms with E-state index < -0.39 is 0 Å². The fourth-order valence-electron chi connectivity index (χ4n) is 2.11. The fraction of sp³-hybridized carbons (Fsp3) is 1.00. The average molecular weight is 234 g/mol. The maximum atomic E-state index is 11.3. The van der Waals surface area contributed by atoms with Crippen LogP contribution in [0.5, 0.6) is 0 Å². The monoisotopic (exact) mass is 233 g/mol. The number of alkyl halides is 1. The predicted molar refractivity (Wildman–Crippen MR) is 51.9 cm³/mol. The molecule has 1 N–H and O–H groups in total. The topological polar surface area (TPSA) is 38.3 Å². The molecule has 2 heterocycles. The van der Waals surface area contributed by atoms with Crippen molar-refractivity contribution in [1.82, 2.24) is 10.4 Å². The summed E-state index contributed by atoms with van der Waals surface area (Å²) < 4.78 is 0. The highest BCUT2D eigenvalue weighted by Gasteiger charge is 2.35. The van der Waals surface area contributed by atoms with Crippen LogP contribution < -0.4 is 5.32 Å². The molecule has 2 fully saturated rings. The van der Waals surface area contributed by atoms with Gasteiger partial charge in [-0.2, -0.15) is 0 Å². The van der Waals surface area contributed by atoms with Crippen LogP contribution in [0.4, 0.5) is 0 Å². The molecule has 1 unspecified atom stereocenters. The van der Waals surface area contributed by atoms with E-state index in [2.05, 4.69) is 21.2 Å². The van der Waals surface area contributed by atoms with Crippen LogP contribution in [0.2, 0.25) is 0 Å². The van der Waals surface area contributed by atoms with Gasteiger partial charge in [0.25, 0.3) is 0 Å². The first-order valence-electron chi connectivity index (χ1n) is 4.59. The molecule has 2 saturated heterocycles. The Morgan fingerprint density at radius 1 is 1.33 bits per heavy atom. The second-order valence-corrected chi connectivity index (χ2v) is 4.74. The molecule has 0 aromatic rings. The minimum Gasteiger partial charge on any atom is -0.784 e. The average Bonchev–Trinajstić information content (AvgIpc) is 2.15. The number of halogens is 1. The lowest BCUT2D eigenvalue weighted by molar-refractivity contribution is 0.0646. The van der Waals surface area contributed by atoms with Crippen molar-refractivity contribution in [3.63, 3.8) is 0 Å². The highest BCUT2D eigenvalue weighted by molar-refractivity contribution is 9.09. The predicted octanol–water partition coefficient (Wildman–Crippen LogP) is 1.28. The van der Waals surface area contributed by atoms with Crippen LogP contribution in [0.15, 0.2) is 0 Å². The van der Waals surface area contributed by atoms with Crippen LogP contribution >= 0.6 is 15.9 Å². The van der Waals surface area contributed by atoms with Gasteiger partial charge in [0.2, 0.25) is 0 Å². The second-order valence-electron chi connectivity index (χ2n) is 3.68. The Bertz CT molecular complexity index is 158. The number of piperidine rings is 1. The molecule has 12 heavy (non-hydrogen) atoms. The normalized spacial score (nSPS) is 39.5. The third-order valence-corrected chi connectivity index (χ3v) is 3.74. The lowest BCUT2D eigenvalue weighted by Gasteiger charge is -2.55. The van der Waals surface area contributed by atoms with Gasteiger partial charge in [-0.15, -0.1) is 0 Å². The Morgan fingerprint density at radius 2 is 2.00 bits per heavy atom. The van der Waals surface area contributed by atoms with Crippen molar-refractivity contribution in [2.45, 2.75) is 30.3 Å². The SMILES string of the molecule is [O-]N1C(Br)C[C@@H]1C1CCNCC1. The number of nitrogens with zero attached hydrogens (tertiary/aromatic N) is 1. The summed E-state index contributed by atoms with van der Waals surface area (Å²) in [7, 11) is 0. The highest BCUT2D eigenvalue weighted by atomic mass is 79.9. The van der Waals surface area contributed by atoms with Crippen LogP contribution in [0.25, 0.3) is 0 Å². The first-order chi connectivity index (χ1) is 5.79. The van der Waals surface area contributed by atoms with Crippen molar-refractivity contribution >= 4 is 15.9 Å². The summed E-state index contributed by atoms with van der Waals surface area (Å²) in [6.45, 7) is 2.17. The summed E-state index contributed by atoms with van der Waals surface area (Å²) in [5.74, 6) is 0.637. The maximum Gasteiger partial charge on any atom is 0.0559 e. The van der Waals surface area contributed by atoms with Crippen LogP contribution in [0.1, 0.15) is 19.3 Å². The number of hydrogen-bond donors (Lipinski definition) is 1. The molecular weight excluding hydrogens is 220 g/mol. The quantitative estimate of drug-likeness (QED) is 0.548. The second kappa shape index (κ2) is 3.62. The van der Waals surface area contributed by atoms with Gasteiger partial charge in [0.1, 0.15) is 0 Å². The van der Waals surface area contributed by atoms with E-state index in [4.69, 9.17) is 0 Å². The van der Waals surface area contributed by atoms with Crippen LogP contribution in [-0.2, 0) is 0 Å². The van der Waals surface area contributed by atoms with E-state index in [1.54, 1.807) is 0 Å². The largest absolute Gasteiger partial charge is 0.784 e. The van der Waals surface area contributed by atoms with E-state index in [-0.39, 0.29) is 4.95 Å². The van der Waals surface area contributed by atoms with Gasteiger partial charge in [-0.05, 0) is 38.3 Å². The van der Waals surface area contributed by atoms with Crippen molar-refractivity contribution in [3.8, 4) is 0 Å². The van der Waals surface area contributed by atoms with Crippen molar-refractivity contribution in [3.05, 3.63) is 5.21 Å². The van der Waals surface area contributed by atoms with E-state index in [1.165, 1.54) is 17.9 Å². The Kier molecular flexibility index (Phi) is 2.69. The maximum absolute atomic E-state index is 11.3. The molecule has 2 aliphatic heterocycles. The van der Waals surface area contributed by atoms with Crippen molar-refractivity contribution in [2.24, 2.45) is 5.92 Å². The molecule has 0 saturated carbocycles. The molecule has 3 nitrogen and oxygen atoms in total. The molecule has 0 aliphatic carbocycles. The zero-order valence-electron chi connectivity index (χ0n) is 7.00. The van der Waals surface area contributed by atoms with Gasteiger partial charge in [-0.3, -0.25) is 0 Å². The summed E-state index contributed by atoms with van der Waals surface area (Å²) in [5.41, 5.74) is 0. The van der Waals surface area contributed by atoms with Crippen molar-refractivity contribution < 1.29 is 0 Å². The van der Waals surface area contributed by atoms with Gasteiger partial charge in [-0.25, -0.2) is 0 Å². The summed E-state index contributed by atoms with van der Waals surface area (Å²) in [5, 5.41) is 15.8. The molecule has 0 radical (unpaired) electrons. The van der Waals surface area contributed by atoms with Gasteiger partial charge < -0.3 is 15.6 Å². The molecule has 0 bridgehead atoms. The Balaban J connectivity index is 1.84. The van der Waals surface area contributed by atoms with E-state index in [9.17, 15) is 5.21 Å². The van der Waals surface area contributed by atoms with E-state index in [1.807, 2.05) is 0 Å². The van der Waals surface area contributed by atoms with E-state index in [0.717, 1.165) is 19.5 Å². The number of nitrogens with one attached hydrogen (secondary N) is 1. The molecule has 4 heteroatoms. The van der Waals surface area contributed by atoms with E-state index in [0.29, 0.717) is 12.0 Å². The first-order valence-corrected chi connectivity index (χ1v) is 5.51. The number of hydrogen-bond acceptors (Lipinski definition) is 3. The van der Waals surface area contributed by atoms with Gasteiger partial charge in [0.05, 0.1) is 4.95 Å². The minimum atomic E-state index is 0.0948.